The van der Waals surface area contributed by atoms with Gasteiger partial charge in [-0.05, 0) is 42.5 Å². The Labute approximate surface area is 151 Å². The molecular formula is C17H18ClFN2O3S. The topological polar surface area (TPSA) is 49.9 Å². The third-order valence-corrected chi connectivity index (χ3v) is 6.41. The van der Waals surface area contributed by atoms with Crippen molar-refractivity contribution in [2.24, 2.45) is 0 Å². The molecule has 2 aromatic carbocycles. The summed E-state index contributed by atoms with van der Waals surface area (Å²) < 4.78 is 45.2. The van der Waals surface area contributed by atoms with Gasteiger partial charge in [-0.15, -0.1) is 0 Å². The number of piperazine rings is 1. The molecule has 1 heterocycles. The largest absolute Gasteiger partial charge is 0.497 e. The molecule has 134 valence electrons. The Bertz CT molecular complexity index is 851. The maximum Gasteiger partial charge on any atom is 0.243 e. The van der Waals surface area contributed by atoms with Crippen LogP contribution in [0.3, 0.4) is 0 Å². The molecule has 0 aliphatic carbocycles. The summed E-state index contributed by atoms with van der Waals surface area (Å²) >= 11 is 5.82. The van der Waals surface area contributed by atoms with Crippen LogP contribution in [0.1, 0.15) is 0 Å². The van der Waals surface area contributed by atoms with Gasteiger partial charge in [-0.2, -0.15) is 4.31 Å². The fourth-order valence-electron chi connectivity index (χ4n) is 2.77. The minimum Gasteiger partial charge on any atom is -0.497 e. The van der Waals surface area contributed by atoms with E-state index in [1.165, 1.54) is 17.5 Å². The van der Waals surface area contributed by atoms with Gasteiger partial charge in [-0.3, -0.25) is 0 Å². The SMILES string of the molecule is COc1ccc(S(=O)(=O)N2CCN(c3ccc(F)c(Cl)c3)CC2)cc1. The summed E-state index contributed by atoms with van der Waals surface area (Å²) in [5.41, 5.74) is 0.785. The van der Waals surface area contributed by atoms with E-state index in [9.17, 15) is 12.8 Å². The summed E-state index contributed by atoms with van der Waals surface area (Å²) in [6, 6.07) is 10.9. The predicted octanol–water partition coefficient (Wildman–Crippen LogP) is 3.00. The molecule has 0 radical (unpaired) electrons. The normalized spacial score (nSPS) is 16.0. The zero-order chi connectivity index (χ0) is 18.0. The molecule has 0 saturated carbocycles. The van der Waals surface area contributed by atoms with Gasteiger partial charge in [0.1, 0.15) is 11.6 Å². The van der Waals surface area contributed by atoms with Crippen LogP contribution in [0.4, 0.5) is 10.1 Å². The van der Waals surface area contributed by atoms with Crippen molar-refractivity contribution in [3.8, 4) is 5.75 Å². The van der Waals surface area contributed by atoms with Gasteiger partial charge in [0.25, 0.3) is 0 Å². The summed E-state index contributed by atoms with van der Waals surface area (Å²) in [4.78, 5) is 2.23. The number of anilines is 1. The highest BCUT2D eigenvalue weighted by Gasteiger charge is 2.28. The van der Waals surface area contributed by atoms with Gasteiger partial charge < -0.3 is 9.64 Å². The lowest BCUT2D eigenvalue weighted by molar-refractivity contribution is 0.384. The molecular weight excluding hydrogens is 367 g/mol. The minimum absolute atomic E-state index is 0.0609. The van der Waals surface area contributed by atoms with Gasteiger partial charge in [0.15, 0.2) is 0 Å². The van der Waals surface area contributed by atoms with Gasteiger partial charge in [0, 0.05) is 31.9 Å². The molecule has 0 unspecified atom stereocenters. The summed E-state index contributed by atoms with van der Waals surface area (Å²) in [5, 5.41) is 0.0609. The predicted molar refractivity (Wildman–Crippen MR) is 95.4 cm³/mol. The second-order valence-corrected chi connectivity index (χ2v) is 8.01. The van der Waals surface area contributed by atoms with Crippen molar-refractivity contribution in [3.63, 3.8) is 0 Å². The summed E-state index contributed by atoms with van der Waals surface area (Å²) in [7, 11) is -2.01. The van der Waals surface area contributed by atoms with Crippen LogP contribution in [0, 0.1) is 5.82 Å². The third-order valence-electron chi connectivity index (χ3n) is 4.20. The first-order valence-electron chi connectivity index (χ1n) is 7.76. The number of benzene rings is 2. The molecule has 0 amide bonds. The van der Waals surface area contributed by atoms with E-state index in [4.69, 9.17) is 16.3 Å². The van der Waals surface area contributed by atoms with Crippen molar-refractivity contribution in [3.05, 3.63) is 53.3 Å². The molecule has 0 bridgehead atoms. The molecule has 1 saturated heterocycles. The number of sulfonamides is 1. The molecule has 1 fully saturated rings. The first-order chi connectivity index (χ1) is 11.9. The van der Waals surface area contributed by atoms with Gasteiger partial charge in [0.2, 0.25) is 10.0 Å². The van der Waals surface area contributed by atoms with Gasteiger partial charge in [-0.25, -0.2) is 12.8 Å². The number of hydrogen-bond donors (Lipinski definition) is 0. The Kier molecular flexibility index (Phi) is 5.17. The Balaban J connectivity index is 1.71. The first-order valence-corrected chi connectivity index (χ1v) is 9.58. The smallest absolute Gasteiger partial charge is 0.243 e. The van der Waals surface area contributed by atoms with E-state index in [2.05, 4.69) is 0 Å². The molecule has 1 aliphatic heterocycles. The Morgan fingerprint density at radius 1 is 1.04 bits per heavy atom. The van der Waals surface area contributed by atoms with E-state index in [1.807, 2.05) is 4.90 Å². The van der Waals surface area contributed by atoms with Gasteiger partial charge >= 0.3 is 0 Å². The van der Waals surface area contributed by atoms with E-state index >= 15 is 0 Å². The quantitative estimate of drug-likeness (QED) is 0.813. The summed E-state index contributed by atoms with van der Waals surface area (Å²) in [6.45, 7) is 1.72. The van der Waals surface area contributed by atoms with Crippen molar-refractivity contribution < 1.29 is 17.5 Å². The Morgan fingerprint density at radius 2 is 1.68 bits per heavy atom. The highest BCUT2D eigenvalue weighted by Crippen LogP contribution is 2.25. The zero-order valence-corrected chi connectivity index (χ0v) is 15.2. The molecule has 2 aromatic rings. The molecule has 0 atom stereocenters. The van der Waals surface area contributed by atoms with Crippen LogP contribution >= 0.6 is 11.6 Å². The number of nitrogens with zero attached hydrogens (tertiary/aromatic N) is 2. The molecule has 1 aliphatic rings. The number of methoxy groups -OCH3 is 1. The lowest BCUT2D eigenvalue weighted by atomic mass is 10.2. The van der Waals surface area contributed by atoms with Crippen LogP contribution in [0.15, 0.2) is 47.4 Å². The van der Waals surface area contributed by atoms with E-state index in [0.717, 1.165) is 5.69 Å². The van der Waals surface area contributed by atoms with Crippen molar-refractivity contribution in [1.29, 1.82) is 0 Å². The second kappa shape index (κ2) is 7.19. The summed E-state index contributed by atoms with van der Waals surface area (Å²) in [5.74, 6) is 0.142. The molecule has 8 heteroatoms. The minimum atomic E-state index is -3.54. The van der Waals surface area contributed by atoms with Crippen LogP contribution < -0.4 is 9.64 Å². The van der Waals surface area contributed by atoms with Crippen LogP contribution in [0.25, 0.3) is 0 Å². The molecule has 0 spiro atoms. The average molecular weight is 385 g/mol. The maximum atomic E-state index is 13.3. The van der Waals surface area contributed by atoms with Gasteiger partial charge in [-0.1, -0.05) is 11.6 Å². The van der Waals surface area contributed by atoms with E-state index in [1.54, 1.807) is 36.4 Å². The van der Waals surface area contributed by atoms with E-state index in [-0.39, 0.29) is 9.92 Å². The molecule has 5 nitrogen and oxygen atoms in total. The van der Waals surface area contributed by atoms with Crippen molar-refractivity contribution in [2.45, 2.75) is 4.90 Å². The van der Waals surface area contributed by atoms with Crippen molar-refractivity contribution >= 4 is 27.3 Å². The monoisotopic (exact) mass is 384 g/mol. The highest BCUT2D eigenvalue weighted by molar-refractivity contribution is 7.89. The van der Waals surface area contributed by atoms with Crippen LogP contribution in [-0.4, -0.2) is 46.0 Å². The molecule has 25 heavy (non-hydrogen) atoms. The van der Waals surface area contributed by atoms with Crippen LogP contribution in [0.5, 0.6) is 5.75 Å². The molecule has 3 rings (SSSR count). The second-order valence-electron chi connectivity index (χ2n) is 5.67. The van der Waals surface area contributed by atoms with Gasteiger partial charge in [0.05, 0.1) is 17.0 Å². The number of hydrogen-bond acceptors (Lipinski definition) is 4. The fourth-order valence-corrected chi connectivity index (χ4v) is 4.36. The van der Waals surface area contributed by atoms with Crippen LogP contribution in [0.2, 0.25) is 5.02 Å². The third kappa shape index (κ3) is 3.73. The Hall–Kier alpha value is -1.83. The number of halogens is 2. The zero-order valence-electron chi connectivity index (χ0n) is 13.7. The van der Waals surface area contributed by atoms with Crippen LogP contribution in [-0.2, 0) is 10.0 Å². The lowest BCUT2D eigenvalue weighted by Gasteiger charge is -2.35. The Morgan fingerprint density at radius 3 is 2.24 bits per heavy atom. The van der Waals surface area contributed by atoms with Crippen molar-refractivity contribution in [1.82, 2.24) is 4.31 Å². The maximum absolute atomic E-state index is 13.3. The molecule has 0 N–H and O–H groups in total. The first kappa shape index (κ1) is 18.0. The van der Waals surface area contributed by atoms with E-state index < -0.39 is 15.8 Å². The average Bonchev–Trinajstić information content (AvgIpc) is 2.64. The van der Waals surface area contributed by atoms with E-state index in [0.29, 0.717) is 31.9 Å². The highest BCUT2D eigenvalue weighted by atomic mass is 35.5. The van der Waals surface area contributed by atoms with Crippen molar-refractivity contribution in [2.75, 3.05) is 38.2 Å². The standard InChI is InChI=1S/C17H18ClFN2O3S/c1-24-14-3-5-15(6-4-14)25(22,23)21-10-8-20(9-11-21)13-2-7-17(19)16(18)12-13/h2-7,12H,8-11H2,1H3. The lowest BCUT2D eigenvalue weighted by Crippen LogP contribution is -2.48. The number of rotatable bonds is 4. The molecule has 0 aromatic heterocycles. The number of ether oxygens (including phenoxy) is 1. The fraction of sp³-hybridized carbons (Fsp3) is 0.294. The summed E-state index contributed by atoms with van der Waals surface area (Å²) in [6.07, 6.45) is 0.